The fourth-order valence-corrected chi connectivity index (χ4v) is 3.49. The molecule has 0 aliphatic rings. The van der Waals surface area contributed by atoms with Gasteiger partial charge in [0, 0.05) is 23.9 Å². The molecule has 278 valence electrons. The minimum absolute atomic E-state index is 0. The van der Waals surface area contributed by atoms with Crippen molar-refractivity contribution in [2.45, 2.75) is 182 Å². The number of halogens is 2. The molecule has 0 amide bonds. The van der Waals surface area contributed by atoms with E-state index >= 15 is 0 Å². The van der Waals surface area contributed by atoms with Gasteiger partial charge in [-0.25, -0.2) is 0 Å². The third-order valence-electron chi connectivity index (χ3n) is 5.94. The van der Waals surface area contributed by atoms with Crippen LogP contribution in [0.15, 0.2) is 0 Å². The predicted octanol–water partition coefficient (Wildman–Crippen LogP) is 5.69. The number of carboxylic acids is 4. The zero-order valence-corrected chi connectivity index (χ0v) is 31.4. The molecule has 0 heterocycles. The summed E-state index contributed by atoms with van der Waals surface area (Å²) in [6.45, 7) is 8.55. The van der Waals surface area contributed by atoms with E-state index in [-0.39, 0.29) is 59.8 Å². The Labute approximate surface area is 305 Å². The fraction of sp³-hybridized carbons (Fsp3) is 0.875. The van der Waals surface area contributed by atoms with Crippen LogP contribution in [0.3, 0.4) is 0 Å². The van der Waals surface area contributed by atoms with Gasteiger partial charge in [0.05, 0.1) is 23.7 Å². The second-order valence-electron chi connectivity index (χ2n) is 10.2. The van der Waals surface area contributed by atoms with Gasteiger partial charge in [-0.05, 0) is 51.4 Å². The third-order valence-corrected chi connectivity index (χ3v) is 5.94. The van der Waals surface area contributed by atoms with Crippen LogP contribution in [0.5, 0.6) is 0 Å². The van der Waals surface area contributed by atoms with Crippen molar-refractivity contribution in [2.75, 3.05) is 0 Å². The molecular formula is C32H60Cl2Cu2O9. The van der Waals surface area contributed by atoms with Crippen LogP contribution in [0.4, 0.5) is 0 Å². The first kappa shape index (κ1) is 59.8. The molecule has 0 fully saturated rings. The van der Waals surface area contributed by atoms with E-state index in [1.807, 2.05) is 0 Å². The Hall–Kier alpha value is -0.541. The molecule has 0 rings (SSSR count). The van der Waals surface area contributed by atoms with E-state index in [1.165, 1.54) is 51.4 Å². The van der Waals surface area contributed by atoms with Gasteiger partial charge in [0.15, 0.2) is 0 Å². The molecule has 0 atom stereocenters. The summed E-state index contributed by atoms with van der Waals surface area (Å²) < 4.78 is 3.19. The van der Waals surface area contributed by atoms with Crippen molar-refractivity contribution in [1.29, 1.82) is 0 Å². The van der Waals surface area contributed by atoms with E-state index in [9.17, 15) is 39.6 Å². The van der Waals surface area contributed by atoms with Gasteiger partial charge in [-0.3, -0.25) is 0 Å². The molecule has 45 heavy (non-hydrogen) atoms. The zero-order chi connectivity index (χ0) is 34.0. The molecule has 13 heteroatoms. The van der Waals surface area contributed by atoms with Gasteiger partial charge in [0.2, 0.25) is 0 Å². The first-order valence-electron chi connectivity index (χ1n) is 16.2. The number of hydrogen-bond donors (Lipinski definition) is 0. The molecule has 0 aromatic carbocycles. The Bertz CT molecular complexity index is 493. The van der Waals surface area contributed by atoms with Crippen LogP contribution < -0.4 is 20.4 Å². The maximum atomic E-state index is 9.92. The maximum absolute atomic E-state index is 9.92. The largest absolute Gasteiger partial charge is 2.00 e. The van der Waals surface area contributed by atoms with Crippen LogP contribution in [0.1, 0.15) is 182 Å². The van der Waals surface area contributed by atoms with Gasteiger partial charge >= 0.3 is 34.1 Å². The van der Waals surface area contributed by atoms with Crippen LogP contribution in [0.2, 0.25) is 0 Å². The van der Waals surface area contributed by atoms with Gasteiger partial charge in [-0.15, -0.1) is 0 Å². The van der Waals surface area contributed by atoms with Crippen LogP contribution in [-0.4, -0.2) is 23.9 Å². The molecule has 0 bridgehead atoms. The SMILES string of the molecule is CCCCCCCC(=O)[O-].CCCCCCCC(=O)[O-].CCCCCCCC(=O)[O-].CCCCCCCC(=O)[O-].ClOCl.[Cu+2].[Cu+2]. The van der Waals surface area contributed by atoms with E-state index in [4.69, 9.17) is 0 Å². The molecule has 0 saturated heterocycles. The predicted molar refractivity (Wildman–Crippen MR) is 166 cm³/mol. The van der Waals surface area contributed by atoms with E-state index in [2.05, 4.69) is 55.3 Å². The summed E-state index contributed by atoms with van der Waals surface area (Å²) in [5.74, 6) is -3.68. The Morgan fingerprint density at radius 2 is 0.511 bits per heavy atom. The molecule has 9 nitrogen and oxygen atoms in total. The van der Waals surface area contributed by atoms with Gasteiger partial charge in [0.25, 0.3) is 0 Å². The Kier molecular flexibility index (Phi) is 78.4. The summed E-state index contributed by atoms with van der Waals surface area (Å²) in [4.78, 5) is 39.7. The van der Waals surface area contributed by atoms with Gasteiger partial charge in [-0.1, -0.05) is 130 Å². The van der Waals surface area contributed by atoms with Crippen LogP contribution in [-0.2, 0) is 57.2 Å². The first-order chi connectivity index (χ1) is 20.5. The zero-order valence-electron chi connectivity index (χ0n) is 28.0. The number of hydrogen-bond acceptors (Lipinski definition) is 9. The summed E-state index contributed by atoms with van der Waals surface area (Å²) >= 11 is 8.53. The standard InChI is InChI=1S/4C8H16O2.Cl2O.2Cu/c4*1-2-3-4-5-6-7-8(9)10;1-3-2;;/h4*2-7H2,1H3,(H,9,10);;;/q;;;;;2*+2/p-4. The number of carbonyl (C=O) groups excluding carboxylic acids is 4. The number of carboxylic acid groups (broad SMARTS) is 4. The molecular weight excluding hydrogens is 726 g/mol. The van der Waals surface area contributed by atoms with Crippen molar-refractivity contribution in [3.05, 3.63) is 0 Å². The Morgan fingerprint density at radius 3 is 0.622 bits per heavy atom. The summed E-state index contributed by atoms with van der Waals surface area (Å²) in [5.41, 5.74) is 0. The molecule has 0 unspecified atom stereocenters. The summed E-state index contributed by atoms with van der Waals surface area (Å²) in [5, 5.41) is 39.7. The van der Waals surface area contributed by atoms with Crippen molar-refractivity contribution >= 4 is 47.6 Å². The van der Waals surface area contributed by atoms with E-state index in [0.29, 0.717) is 0 Å². The van der Waals surface area contributed by atoms with E-state index in [1.54, 1.807) is 0 Å². The van der Waals surface area contributed by atoms with Crippen molar-refractivity contribution in [3.8, 4) is 0 Å². The van der Waals surface area contributed by atoms with Gasteiger partial charge < -0.3 is 39.6 Å². The van der Waals surface area contributed by atoms with E-state index in [0.717, 1.165) is 77.0 Å². The van der Waals surface area contributed by atoms with E-state index < -0.39 is 23.9 Å². The minimum atomic E-state index is -0.920. The average Bonchev–Trinajstić information content (AvgIpc) is 2.93. The third kappa shape index (κ3) is 99.1. The molecule has 0 saturated carbocycles. The second kappa shape index (κ2) is 58.9. The van der Waals surface area contributed by atoms with Crippen molar-refractivity contribution < 1.29 is 77.6 Å². The Morgan fingerprint density at radius 1 is 0.378 bits per heavy atom. The molecule has 0 aliphatic heterocycles. The van der Waals surface area contributed by atoms with Crippen molar-refractivity contribution in [2.24, 2.45) is 0 Å². The smallest absolute Gasteiger partial charge is 0.550 e. The number of rotatable bonds is 24. The number of carbonyl (C=O) groups is 4. The molecule has 0 N–H and O–H groups in total. The Balaban J connectivity index is -0.0000000818. The summed E-state index contributed by atoms with van der Waals surface area (Å²) in [7, 11) is 0. The molecule has 0 aromatic heterocycles. The number of aliphatic carboxylic acids is 4. The summed E-state index contributed by atoms with van der Waals surface area (Å²) in [6.07, 6.45) is 22.4. The average molecular weight is 787 g/mol. The van der Waals surface area contributed by atoms with Crippen LogP contribution in [0.25, 0.3) is 0 Å². The fourth-order valence-electron chi connectivity index (χ4n) is 3.49. The van der Waals surface area contributed by atoms with Crippen molar-refractivity contribution in [3.63, 3.8) is 0 Å². The summed E-state index contributed by atoms with van der Waals surface area (Å²) in [6, 6.07) is 0. The maximum Gasteiger partial charge on any atom is 2.00 e. The van der Waals surface area contributed by atoms with Crippen molar-refractivity contribution in [1.82, 2.24) is 0 Å². The first-order valence-corrected chi connectivity index (χ1v) is 16.8. The molecule has 0 aromatic rings. The monoisotopic (exact) mass is 784 g/mol. The molecule has 2 radical (unpaired) electrons. The molecule has 0 spiro atoms. The quantitative estimate of drug-likeness (QED) is 0.0881. The topological polar surface area (TPSA) is 170 Å². The normalized spacial score (nSPS) is 9.02. The van der Waals surface area contributed by atoms with Crippen LogP contribution in [0, 0.1) is 0 Å². The van der Waals surface area contributed by atoms with Gasteiger partial charge in [-0.2, -0.15) is 3.84 Å². The second-order valence-corrected chi connectivity index (χ2v) is 10.7. The van der Waals surface area contributed by atoms with Gasteiger partial charge in [0.1, 0.15) is 0 Å². The number of unbranched alkanes of at least 4 members (excludes halogenated alkanes) is 16. The molecule has 0 aliphatic carbocycles. The van der Waals surface area contributed by atoms with Crippen LogP contribution >= 0.6 is 23.7 Å². The minimum Gasteiger partial charge on any atom is -0.550 e.